The molecule has 0 radical (unpaired) electrons. The van der Waals surface area contributed by atoms with Crippen molar-refractivity contribution in [3.63, 3.8) is 0 Å². The van der Waals surface area contributed by atoms with Crippen LogP contribution in [0.2, 0.25) is 10.0 Å². The van der Waals surface area contributed by atoms with E-state index in [4.69, 9.17) is 32.4 Å². The average molecular weight is 312 g/mol. The molecule has 1 aromatic heterocycles. The van der Waals surface area contributed by atoms with Crippen LogP contribution in [0.3, 0.4) is 0 Å². The third-order valence-electron chi connectivity index (χ3n) is 3.50. The third-order valence-corrected chi connectivity index (χ3v) is 4.30. The summed E-state index contributed by atoms with van der Waals surface area (Å²) in [5.41, 5.74) is 1.09. The zero-order chi connectivity index (χ0) is 14.1. The zero-order valence-corrected chi connectivity index (χ0v) is 12.6. The lowest BCUT2D eigenvalue weighted by Gasteiger charge is -2.19. The maximum absolute atomic E-state index is 6.19. The lowest BCUT2D eigenvalue weighted by Crippen LogP contribution is -2.18. The summed E-state index contributed by atoms with van der Waals surface area (Å²) in [6.07, 6.45) is 2.52. The zero-order valence-electron chi connectivity index (χ0n) is 11.1. The van der Waals surface area contributed by atoms with Crippen LogP contribution in [-0.2, 0) is 6.54 Å². The normalized spacial score (nSPS) is 19.4. The van der Waals surface area contributed by atoms with Crippen molar-refractivity contribution in [2.45, 2.75) is 19.1 Å². The van der Waals surface area contributed by atoms with Gasteiger partial charge in [-0.15, -0.1) is 0 Å². The fourth-order valence-electron chi connectivity index (χ4n) is 2.43. The van der Waals surface area contributed by atoms with Crippen LogP contribution in [0.5, 0.6) is 5.75 Å². The van der Waals surface area contributed by atoms with Crippen molar-refractivity contribution in [3.8, 4) is 5.75 Å². The summed E-state index contributed by atoms with van der Waals surface area (Å²) in [5, 5.41) is 0.958. The Hall–Kier alpha value is -1.16. The molecule has 2 aromatic rings. The number of halogens is 2. The van der Waals surface area contributed by atoms with E-state index in [2.05, 4.69) is 11.9 Å². The summed E-state index contributed by atoms with van der Waals surface area (Å²) in [7, 11) is 2.07. The van der Waals surface area contributed by atoms with Crippen molar-refractivity contribution in [2.24, 2.45) is 0 Å². The lowest BCUT2D eigenvalue weighted by atomic mass is 10.1. The molecule has 0 fully saturated rings. The second-order valence-electron chi connectivity index (χ2n) is 4.98. The largest absolute Gasteiger partial charge is 0.484 e. The Labute approximate surface area is 128 Å². The predicted octanol–water partition coefficient (Wildman–Crippen LogP) is 4.54. The molecule has 0 N–H and O–H groups in total. The summed E-state index contributed by atoms with van der Waals surface area (Å²) >= 11 is 12.2. The third kappa shape index (κ3) is 2.66. The van der Waals surface area contributed by atoms with Gasteiger partial charge in [-0.3, -0.25) is 4.90 Å². The van der Waals surface area contributed by atoms with Crippen LogP contribution in [0.1, 0.15) is 23.8 Å². The Balaban J connectivity index is 1.89. The minimum Gasteiger partial charge on any atom is -0.484 e. The highest BCUT2D eigenvalue weighted by atomic mass is 35.5. The van der Waals surface area contributed by atoms with Gasteiger partial charge in [0.15, 0.2) is 0 Å². The van der Waals surface area contributed by atoms with Gasteiger partial charge in [0.2, 0.25) is 0 Å². The van der Waals surface area contributed by atoms with Gasteiger partial charge >= 0.3 is 0 Å². The molecule has 5 heteroatoms. The minimum atomic E-state index is -0.0651. The summed E-state index contributed by atoms with van der Waals surface area (Å²) in [4.78, 5) is 2.21. The van der Waals surface area contributed by atoms with E-state index in [0.29, 0.717) is 15.8 Å². The molecule has 3 rings (SSSR count). The highest BCUT2D eigenvalue weighted by Crippen LogP contribution is 2.37. The van der Waals surface area contributed by atoms with E-state index in [-0.39, 0.29) is 6.10 Å². The Kier molecular flexibility index (Phi) is 3.92. The molecule has 106 valence electrons. The molecule has 0 bridgehead atoms. The molecule has 2 heterocycles. The van der Waals surface area contributed by atoms with Crippen molar-refractivity contribution < 1.29 is 9.15 Å². The van der Waals surface area contributed by atoms with Gasteiger partial charge in [-0.2, -0.15) is 0 Å². The fourth-order valence-corrected chi connectivity index (χ4v) is 2.77. The molecule has 1 unspecified atom stereocenters. The van der Waals surface area contributed by atoms with Crippen LogP contribution in [0.4, 0.5) is 0 Å². The summed E-state index contributed by atoms with van der Waals surface area (Å²) in [5.74, 6) is 1.56. The SMILES string of the molecule is CN1CCC(Oc2cccc(Cl)c2Cl)c2ccoc2C1. The summed E-state index contributed by atoms with van der Waals surface area (Å²) in [6.45, 7) is 1.73. The van der Waals surface area contributed by atoms with E-state index in [0.717, 1.165) is 30.8 Å². The van der Waals surface area contributed by atoms with Crippen LogP contribution in [0, 0.1) is 0 Å². The second-order valence-corrected chi connectivity index (χ2v) is 5.77. The highest BCUT2D eigenvalue weighted by Gasteiger charge is 2.25. The van der Waals surface area contributed by atoms with Gasteiger partial charge in [0, 0.05) is 18.5 Å². The number of furan rings is 1. The lowest BCUT2D eigenvalue weighted by molar-refractivity contribution is 0.183. The Morgan fingerprint density at radius 2 is 2.15 bits per heavy atom. The van der Waals surface area contributed by atoms with Gasteiger partial charge in [0.05, 0.1) is 17.8 Å². The molecule has 0 spiro atoms. The molecule has 0 aliphatic carbocycles. The highest BCUT2D eigenvalue weighted by molar-refractivity contribution is 6.42. The standard InChI is InChI=1S/C15H15Cl2NO2/c1-18-7-5-12(10-6-8-19-14(10)9-18)20-13-4-2-3-11(16)15(13)17/h2-4,6,8,12H,5,7,9H2,1H3. The smallest absolute Gasteiger partial charge is 0.140 e. The van der Waals surface area contributed by atoms with Crippen molar-refractivity contribution in [3.05, 3.63) is 51.9 Å². The van der Waals surface area contributed by atoms with Gasteiger partial charge in [0.25, 0.3) is 0 Å². The first-order valence-electron chi connectivity index (χ1n) is 6.50. The predicted molar refractivity (Wildman–Crippen MR) is 79.5 cm³/mol. The quantitative estimate of drug-likeness (QED) is 0.814. The molecular weight excluding hydrogens is 297 g/mol. The monoisotopic (exact) mass is 311 g/mol. The van der Waals surface area contributed by atoms with Gasteiger partial charge in [-0.25, -0.2) is 0 Å². The molecule has 1 aromatic carbocycles. The van der Waals surface area contributed by atoms with Gasteiger partial charge < -0.3 is 9.15 Å². The van der Waals surface area contributed by atoms with E-state index in [9.17, 15) is 0 Å². The Morgan fingerprint density at radius 1 is 1.30 bits per heavy atom. The van der Waals surface area contributed by atoms with Gasteiger partial charge in [-0.05, 0) is 25.2 Å². The number of benzene rings is 1. The van der Waals surface area contributed by atoms with Crippen LogP contribution in [-0.4, -0.2) is 18.5 Å². The first-order chi connectivity index (χ1) is 9.65. The van der Waals surface area contributed by atoms with Crippen molar-refractivity contribution in [1.82, 2.24) is 4.90 Å². The number of hydrogen-bond acceptors (Lipinski definition) is 3. The van der Waals surface area contributed by atoms with Crippen LogP contribution in [0.15, 0.2) is 34.9 Å². The molecule has 1 aliphatic rings. The van der Waals surface area contributed by atoms with E-state index in [1.54, 1.807) is 12.3 Å². The Morgan fingerprint density at radius 3 is 3.00 bits per heavy atom. The molecule has 0 amide bonds. The number of ether oxygens (including phenoxy) is 1. The van der Waals surface area contributed by atoms with E-state index in [1.165, 1.54) is 0 Å². The van der Waals surface area contributed by atoms with Crippen molar-refractivity contribution >= 4 is 23.2 Å². The molecule has 1 aliphatic heterocycles. The fraction of sp³-hybridized carbons (Fsp3) is 0.333. The maximum atomic E-state index is 6.19. The van der Waals surface area contributed by atoms with Crippen molar-refractivity contribution in [1.29, 1.82) is 0 Å². The van der Waals surface area contributed by atoms with E-state index in [1.807, 2.05) is 18.2 Å². The van der Waals surface area contributed by atoms with Gasteiger partial charge in [-0.1, -0.05) is 29.3 Å². The number of nitrogens with zero attached hydrogens (tertiary/aromatic N) is 1. The summed E-state index contributed by atoms with van der Waals surface area (Å²) in [6, 6.07) is 7.39. The number of rotatable bonds is 2. The first-order valence-corrected chi connectivity index (χ1v) is 7.26. The molecule has 3 nitrogen and oxygen atoms in total. The summed E-state index contributed by atoms with van der Waals surface area (Å²) < 4.78 is 11.6. The van der Waals surface area contributed by atoms with Crippen LogP contribution >= 0.6 is 23.2 Å². The Bertz CT molecular complexity index is 612. The van der Waals surface area contributed by atoms with Crippen molar-refractivity contribution in [2.75, 3.05) is 13.6 Å². The first kappa shape index (κ1) is 13.8. The van der Waals surface area contributed by atoms with Crippen LogP contribution < -0.4 is 4.74 Å². The molecule has 1 atom stereocenters. The molecule has 20 heavy (non-hydrogen) atoms. The maximum Gasteiger partial charge on any atom is 0.140 e. The number of hydrogen-bond donors (Lipinski definition) is 0. The second kappa shape index (κ2) is 5.68. The topological polar surface area (TPSA) is 25.6 Å². The minimum absolute atomic E-state index is 0.0651. The molecule has 0 saturated carbocycles. The molecular formula is C15H15Cl2NO2. The van der Waals surface area contributed by atoms with E-state index < -0.39 is 0 Å². The molecule has 0 saturated heterocycles. The van der Waals surface area contributed by atoms with E-state index >= 15 is 0 Å². The van der Waals surface area contributed by atoms with Crippen LogP contribution in [0.25, 0.3) is 0 Å². The van der Waals surface area contributed by atoms with Gasteiger partial charge in [0.1, 0.15) is 22.6 Å². The number of fused-ring (bicyclic) bond motifs is 1. The average Bonchev–Trinajstić information content (AvgIpc) is 2.82.